The van der Waals surface area contributed by atoms with E-state index in [1.807, 2.05) is 0 Å². The van der Waals surface area contributed by atoms with Gasteiger partial charge >= 0.3 is 0 Å². The average molecular weight is 657 g/mol. The molecule has 0 radical (unpaired) electrons. The summed E-state index contributed by atoms with van der Waals surface area (Å²) in [6, 6.07) is 0.586. The van der Waals surface area contributed by atoms with Crippen molar-refractivity contribution in [2.24, 2.45) is 0 Å². The Labute approximate surface area is 297 Å². The van der Waals surface area contributed by atoms with Gasteiger partial charge in [0.25, 0.3) is 0 Å². The SMILES string of the molecule is CCCCCCCCCCCCCCC(C)n1ccnc1C(CCCCCCCCCCCC)CCCCCCCCCCCCC. The normalized spacial score (nSPS) is 13.0. The lowest BCUT2D eigenvalue weighted by molar-refractivity contribution is 0.412. The number of aromatic nitrogens is 2. The first-order chi connectivity index (χ1) is 23.2. The molecule has 0 saturated carbocycles. The van der Waals surface area contributed by atoms with Crippen molar-refractivity contribution in [3.05, 3.63) is 18.2 Å². The molecular weight excluding hydrogens is 569 g/mol. The largest absolute Gasteiger partial charge is 0.332 e. The van der Waals surface area contributed by atoms with Gasteiger partial charge in [0.05, 0.1) is 0 Å². The monoisotopic (exact) mass is 657 g/mol. The zero-order chi connectivity index (χ0) is 33.9. The number of unbranched alkanes of at least 4 members (excludes halogenated alkanes) is 30. The highest BCUT2D eigenvalue weighted by atomic mass is 15.1. The van der Waals surface area contributed by atoms with Gasteiger partial charge in [-0.2, -0.15) is 0 Å². The van der Waals surface area contributed by atoms with Crippen LogP contribution >= 0.6 is 0 Å². The molecule has 0 fully saturated rings. The summed E-state index contributed by atoms with van der Waals surface area (Å²) in [7, 11) is 0. The van der Waals surface area contributed by atoms with Crippen molar-refractivity contribution in [3.63, 3.8) is 0 Å². The van der Waals surface area contributed by atoms with Gasteiger partial charge in [-0.3, -0.25) is 0 Å². The molecule has 1 aromatic heterocycles. The second kappa shape index (κ2) is 35.1. The maximum atomic E-state index is 5.04. The minimum Gasteiger partial charge on any atom is -0.332 e. The van der Waals surface area contributed by atoms with Crippen LogP contribution in [0, 0.1) is 0 Å². The molecule has 0 bridgehead atoms. The molecule has 0 aromatic carbocycles. The Bertz CT molecular complexity index is 723. The van der Waals surface area contributed by atoms with Crippen molar-refractivity contribution in [3.8, 4) is 0 Å². The van der Waals surface area contributed by atoms with E-state index in [0.29, 0.717) is 12.0 Å². The minimum absolute atomic E-state index is 0.586. The van der Waals surface area contributed by atoms with Crippen LogP contribution in [0.1, 0.15) is 277 Å². The van der Waals surface area contributed by atoms with Crippen LogP contribution in [0.2, 0.25) is 0 Å². The molecule has 0 aliphatic rings. The summed E-state index contributed by atoms with van der Waals surface area (Å²) in [6.45, 7) is 9.41. The first-order valence-electron chi connectivity index (χ1n) is 22.3. The van der Waals surface area contributed by atoms with Gasteiger partial charge in [-0.1, -0.05) is 233 Å². The molecule has 47 heavy (non-hydrogen) atoms. The summed E-state index contributed by atoms with van der Waals surface area (Å²) < 4.78 is 2.60. The molecule has 0 saturated heterocycles. The third-order valence-corrected chi connectivity index (χ3v) is 11.1. The molecular formula is C45H88N2. The molecule has 1 heterocycles. The predicted molar refractivity (Wildman–Crippen MR) is 213 cm³/mol. The van der Waals surface area contributed by atoms with Crippen LogP contribution in [0.15, 0.2) is 12.4 Å². The molecule has 1 rings (SSSR count). The van der Waals surface area contributed by atoms with Gasteiger partial charge in [0, 0.05) is 24.4 Å². The predicted octanol–water partition coefficient (Wildman–Crippen LogP) is 16.6. The number of hydrogen-bond donors (Lipinski definition) is 0. The van der Waals surface area contributed by atoms with Gasteiger partial charge in [0.2, 0.25) is 0 Å². The third-order valence-electron chi connectivity index (χ3n) is 11.1. The van der Waals surface area contributed by atoms with Crippen LogP contribution in [0.4, 0.5) is 0 Å². The molecule has 1 aromatic rings. The van der Waals surface area contributed by atoms with Crippen LogP contribution in [-0.4, -0.2) is 9.55 Å². The first-order valence-corrected chi connectivity index (χ1v) is 22.3. The van der Waals surface area contributed by atoms with Crippen molar-refractivity contribution in [2.75, 3.05) is 0 Å². The van der Waals surface area contributed by atoms with E-state index in [1.54, 1.807) is 0 Å². The van der Waals surface area contributed by atoms with E-state index in [0.717, 1.165) is 0 Å². The Morgan fingerprint density at radius 3 is 1.00 bits per heavy atom. The van der Waals surface area contributed by atoms with E-state index in [9.17, 15) is 0 Å². The summed E-state index contributed by atoms with van der Waals surface area (Å²) in [6.07, 6.45) is 55.6. The van der Waals surface area contributed by atoms with Crippen LogP contribution < -0.4 is 0 Å². The summed E-state index contributed by atoms with van der Waals surface area (Å²) in [5.41, 5.74) is 0. The minimum atomic E-state index is 0.586. The van der Waals surface area contributed by atoms with E-state index in [1.165, 1.54) is 237 Å². The Hall–Kier alpha value is -0.790. The van der Waals surface area contributed by atoms with E-state index in [4.69, 9.17) is 4.98 Å². The lowest BCUT2D eigenvalue weighted by Gasteiger charge is -2.22. The van der Waals surface area contributed by atoms with E-state index in [2.05, 4.69) is 44.7 Å². The van der Waals surface area contributed by atoms with Crippen LogP contribution in [-0.2, 0) is 0 Å². The lowest BCUT2D eigenvalue weighted by atomic mass is 9.92. The molecule has 0 N–H and O–H groups in total. The zero-order valence-corrected chi connectivity index (χ0v) is 33.2. The van der Waals surface area contributed by atoms with Crippen molar-refractivity contribution in [2.45, 2.75) is 271 Å². The number of hydrogen-bond acceptors (Lipinski definition) is 1. The summed E-state index contributed by atoms with van der Waals surface area (Å²) in [4.78, 5) is 5.04. The number of imidazole rings is 1. The Kier molecular flexibility index (Phi) is 33.0. The number of rotatable bonds is 38. The lowest BCUT2D eigenvalue weighted by Crippen LogP contribution is -2.13. The van der Waals surface area contributed by atoms with Gasteiger partial charge < -0.3 is 4.57 Å². The second-order valence-electron chi connectivity index (χ2n) is 15.7. The van der Waals surface area contributed by atoms with E-state index >= 15 is 0 Å². The van der Waals surface area contributed by atoms with Gasteiger partial charge in [-0.25, -0.2) is 4.98 Å². The highest BCUT2D eigenvalue weighted by Crippen LogP contribution is 2.31. The Morgan fingerprint density at radius 1 is 0.404 bits per heavy atom. The molecule has 2 nitrogen and oxygen atoms in total. The average Bonchev–Trinajstić information content (AvgIpc) is 3.57. The summed E-state index contributed by atoms with van der Waals surface area (Å²) in [5, 5.41) is 0. The summed E-state index contributed by atoms with van der Waals surface area (Å²) >= 11 is 0. The van der Waals surface area contributed by atoms with Gasteiger partial charge in [0.15, 0.2) is 0 Å². The van der Waals surface area contributed by atoms with Crippen molar-refractivity contribution < 1.29 is 0 Å². The molecule has 0 aliphatic heterocycles. The molecule has 278 valence electrons. The van der Waals surface area contributed by atoms with Gasteiger partial charge in [0.1, 0.15) is 5.82 Å². The van der Waals surface area contributed by atoms with E-state index in [-0.39, 0.29) is 0 Å². The van der Waals surface area contributed by atoms with Crippen LogP contribution in [0.25, 0.3) is 0 Å². The maximum absolute atomic E-state index is 5.04. The Balaban J connectivity index is 2.39. The second-order valence-corrected chi connectivity index (χ2v) is 15.7. The zero-order valence-electron chi connectivity index (χ0n) is 33.2. The Morgan fingerprint density at radius 2 is 0.681 bits per heavy atom. The van der Waals surface area contributed by atoms with Crippen molar-refractivity contribution in [1.82, 2.24) is 9.55 Å². The standard InChI is InChI=1S/C45H88N2/c1-5-8-11-14-17-20-23-25-26-29-32-35-38-43(4)47-42-41-46-45(47)44(39-36-33-30-27-22-19-16-13-10-7-3)40-37-34-31-28-24-21-18-15-12-9-6-2/h41-44H,5-40H2,1-4H3. The highest BCUT2D eigenvalue weighted by Gasteiger charge is 2.19. The smallest absolute Gasteiger partial charge is 0.111 e. The topological polar surface area (TPSA) is 17.8 Å². The molecule has 0 amide bonds. The fourth-order valence-electron chi connectivity index (χ4n) is 7.77. The van der Waals surface area contributed by atoms with Gasteiger partial charge in [-0.05, 0) is 26.2 Å². The molecule has 0 spiro atoms. The molecule has 2 atom stereocenters. The first kappa shape index (κ1) is 44.2. The van der Waals surface area contributed by atoms with Crippen LogP contribution in [0.5, 0.6) is 0 Å². The van der Waals surface area contributed by atoms with E-state index < -0.39 is 0 Å². The fraction of sp³-hybridized carbons (Fsp3) is 0.933. The highest BCUT2D eigenvalue weighted by molar-refractivity contribution is 5.02. The van der Waals surface area contributed by atoms with Crippen LogP contribution in [0.3, 0.4) is 0 Å². The number of nitrogens with zero attached hydrogens (tertiary/aromatic N) is 2. The molecule has 2 unspecified atom stereocenters. The fourth-order valence-corrected chi connectivity index (χ4v) is 7.77. The maximum Gasteiger partial charge on any atom is 0.111 e. The molecule has 0 aliphatic carbocycles. The third kappa shape index (κ3) is 26.7. The molecule has 2 heteroatoms. The quantitative estimate of drug-likeness (QED) is 0.0648. The van der Waals surface area contributed by atoms with Gasteiger partial charge in [-0.15, -0.1) is 0 Å². The summed E-state index contributed by atoms with van der Waals surface area (Å²) in [5.74, 6) is 2.07. The van der Waals surface area contributed by atoms with Crippen molar-refractivity contribution in [1.29, 1.82) is 0 Å². The van der Waals surface area contributed by atoms with Crippen molar-refractivity contribution >= 4 is 0 Å².